The quantitative estimate of drug-likeness (QED) is 0.265. The third-order valence-electron chi connectivity index (χ3n) is 5.75. The summed E-state index contributed by atoms with van der Waals surface area (Å²) >= 11 is 8.70. The zero-order valence-corrected chi connectivity index (χ0v) is 21.2. The normalized spacial score (nSPS) is 18.3. The lowest BCUT2D eigenvalue weighted by molar-refractivity contribution is 0.505. The van der Waals surface area contributed by atoms with Gasteiger partial charge in [-0.3, -0.25) is 0 Å². The molecule has 0 amide bonds. The van der Waals surface area contributed by atoms with E-state index in [9.17, 15) is 0 Å². The van der Waals surface area contributed by atoms with Crippen molar-refractivity contribution in [3.63, 3.8) is 0 Å². The molecule has 2 heterocycles. The number of hydrazone groups is 1. The van der Waals surface area contributed by atoms with Gasteiger partial charge < -0.3 is 0 Å². The van der Waals surface area contributed by atoms with Crippen LogP contribution in [0.3, 0.4) is 0 Å². The van der Waals surface area contributed by atoms with Gasteiger partial charge in [-0.2, -0.15) is 5.10 Å². The average molecular weight is 533 g/mol. The first-order valence-electron chi connectivity index (χ1n) is 10.6. The molecular formula is C26H30ClIN2. The first-order chi connectivity index (χ1) is 14.4. The first kappa shape index (κ1) is 23.1. The minimum Gasteiger partial charge on any atom is -0.241 e. The Hall–Kier alpha value is -1.59. The Morgan fingerprint density at radius 2 is 2.10 bits per heavy atom. The van der Waals surface area contributed by atoms with Crippen molar-refractivity contribution in [2.45, 2.75) is 53.4 Å². The largest absolute Gasteiger partial charge is 0.241 e. The van der Waals surface area contributed by atoms with Crippen LogP contribution in [0.4, 0.5) is 0 Å². The third-order valence-corrected chi connectivity index (χ3v) is 6.59. The molecule has 158 valence electrons. The molecule has 0 saturated carbocycles. The average Bonchev–Trinajstić information content (AvgIpc) is 2.90. The Balaban J connectivity index is 2.07. The smallest absolute Gasteiger partial charge is 0.0635 e. The van der Waals surface area contributed by atoms with Gasteiger partial charge in [-0.1, -0.05) is 50.1 Å². The van der Waals surface area contributed by atoms with E-state index >= 15 is 0 Å². The second-order valence-electron chi connectivity index (χ2n) is 8.11. The van der Waals surface area contributed by atoms with E-state index in [1.165, 1.54) is 34.4 Å². The monoisotopic (exact) mass is 532 g/mol. The summed E-state index contributed by atoms with van der Waals surface area (Å²) in [6.07, 6.45) is 17.5. The molecule has 0 bridgehead atoms. The van der Waals surface area contributed by atoms with E-state index in [1.54, 1.807) is 0 Å². The highest BCUT2D eigenvalue weighted by atomic mass is 127. The maximum absolute atomic E-state index is 6.37. The van der Waals surface area contributed by atoms with E-state index in [4.69, 9.17) is 11.6 Å². The molecule has 1 atom stereocenters. The van der Waals surface area contributed by atoms with Crippen LogP contribution in [0.25, 0.3) is 5.57 Å². The van der Waals surface area contributed by atoms with E-state index in [0.29, 0.717) is 5.92 Å². The van der Waals surface area contributed by atoms with Crippen LogP contribution >= 0.6 is 34.2 Å². The van der Waals surface area contributed by atoms with Crippen molar-refractivity contribution in [3.05, 3.63) is 85.3 Å². The Morgan fingerprint density at radius 3 is 2.83 bits per heavy atom. The minimum atomic E-state index is 0.679. The van der Waals surface area contributed by atoms with Gasteiger partial charge in [0.05, 0.1) is 5.70 Å². The molecule has 3 rings (SSSR count). The molecule has 4 heteroatoms. The number of allylic oxidation sites excluding steroid dienone is 8. The molecule has 1 aromatic rings. The molecule has 0 radical (unpaired) electrons. The van der Waals surface area contributed by atoms with Gasteiger partial charge in [0.1, 0.15) is 0 Å². The fourth-order valence-electron chi connectivity index (χ4n) is 3.59. The molecule has 0 N–H and O–H groups in total. The number of hydrogen-bond acceptors (Lipinski definition) is 2. The van der Waals surface area contributed by atoms with Crippen molar-refractivity contribution in [1.29, 1.82) is 0 Å². The van der Waals surface area contributed by atoms with Crippen LogP contribution in [-0.2, 0) is 0 Å². The van der Waals surface area contributed by atoms with Gasteiger partial charge in [-0.05, 0) is 108 Å². The second kappa shape index (κ2) is 10.6. The van der Waals surface area contributed by atoms with Crippen molar-refractivity contribution in [2.75, 3.05) is 0 Å². The third kappa shape index (κ3) is 5.76. The van der Waals surface area contributed by atoms with Crippen LogP contribution in [-0.4, -0.2) is 11.2 Å². The molecule has 0 fully saturated rings. The maximum atomic E-state index is 6.37. The predicted molar refractivity (Wildman–Crippen MR) is 139 cm³/mol. The maximum Gasteiger partial charge on any atom is 0.0635 e. The highest BCUT2D eigenvalue weighted by Gasteiger charge is 2.17. The fraction of sp³-hybridized carbons (Fsp3) is 0.346. The Labute approximate surface area is 199 Å². The SMILES string of the molecule is CCC(C)C/C=C\C(C1=CN2N=CCCC(C)=C2C=C1)=C(/C)c1cc(Cl)cc(I)c1. The van der Waals surface area contributed by atoms with Gasteiger partial charge in [-0.25, -0.2) is 5.01 Å². The van der Waals surface area contributed by atoms with Crippen LogP contribution in [0.15, 0.2) is 76.2 Å². The van der Waals surface area contributed by atoms with Crippen molar-refractivity contribution in [3.8, 4) is 0 Å². The summed E-state index contributed by atoms with van der Waals surface area (Å²) < 4.78 is 1.14. The van der Waals surface area contributed by atoms with E-state index in [0.717, 1.165) is 33.4 Å². The number of rotatable bonds is 6. The summed E-state index contributed by atoms with van der Waals surface area (Å²) in [5.74, 6) is 0.679. The predicted octanol–water partition coefficient (Wildman–Crippen LogP) is 8.52. The van der Waals surface area contributed by atoms with Gasteiger partial charge in [0.2, 0.25) is 0 Å². The van der Waals surface area contributed by atoms with Gasteiger partial charge in [0, 0.05) is 26.6 Å². The van der Waals surface area contributed by atoms with Crippen LogP contribution in [0.5, 0.6) is 0 Å². The molecule has 1 aromatic carbocycles. The topological polar surface area (TPSA) is 15.6 Å². The van der Waals surface area contributed by atoms with E-state index in [1.807, 2.05) is 23.4 Å². The first-order valence-corrected chi connectivity index (χ1v) is 12.1. The molecule has 2 nitrogen and oxygen atoms in total. The Kier molecular flexibility index (Phi) is 8.18. The van der Waals surface area contributed by atoms with Crippen LogP contribution in [0.1, 0.15) is 58.9 Å². The lowest BCUT2D eigenvalue weighted by atomic mass is 9.93. The summed E-state index contributed by atoms with van der Waals surface area (Å²) in [5.41, 5.74) is 7.31. The van der Waals surface area contributed by atoms with Crippen LogP contribution < -0.4 is 0 Å². The molecular weight excluding hydrogens is 503 g/mol. The zero-order valence-electron chi connectivity index (χ0n) is 18.3. The molecule has 30 heavy (non-hydrogen) atoms. The van der Waals surface area contributed by atoms with Crippen LogP contribution in [0.2, 0.25) is 5.02 Å². The van der Waals surface area contributed by atoms with Gasteiger partial charge >= 0.3 is 0 Å². The number of halogens is 2. The highest BCUT2D eigenvalue weighted by Crippen LogP contribution is 2.33. The summed E-state index contributed by atoms with van der Waals surface area (Å²) in [5, 5.41) is 7.46. The number of nitrogens with zero attached hydrogens (tertiary/aromatic N) is 2. The zero-order chi connectivity index (χ0) is 21.7. The highest BCUT2D eigenvalue weighted by molar-refractivity contribution is 14.1. The van der Waals surface area contributed by atoms with Gasteiger partial charge in [0.25, 0.3) is 0 Å². The number of hydrogen-bond donors (Lipinski definition) is 0. The Morgan fingerprint density at radius 1 is 1.30 bits per heavy atom. The lowest BCUT2D eigenvalue weighted by Gasteiger charge is -2.23. The van der Waals surface area contributed by atoms with Crippen molar-refractivity contribution in [2.24, 2.45) is 11.0 Å². The summed E-state index contributed by atoms with van der Waals surface area (Å²) in [7, 11) is 0. The van der Waals surface area contributed by atoms with Gasteiger partial charge in [-0.15, -0.1) is 0 Å². The summed E-state index contributed by atoms with van der Waals surface area (Å²) in [6.45, 7) is 8.92. The molecule has 2 aliphatic rings. The molecule has 0 aliphatic carbocycles. The molecule has 0 spiro atoms. The van der Waals surface area contributed by atoms with E-state index in [2.05, 4.69) is 92.0 Å². The standard InChI is InChI=1S/C26H30ClIN2/c1-5-18(2)8-6-10-25(20(4)22-14-23(27)16-24(28)15-22)21-11-12-26-19(3)9-7-13-29-30(26)17-21/h6,10-18H,5,7-9H2,1-4H3/b10-6-,25-20-. The van der Waals surface area contributed by atoms with Crippen molar-refractivity contribution >= 4 is 46.0 Å². The van der Waals surface area contributed by atoms with E-state index in [-0.39, 0.29) is 0 Å². The summed E-state index contributed by atoms with van der Waals surface area (Å²) in [4.78, 5) is 0. The number of fused-ring (bicyclic) bond motifs is 1. The lowest BCUT2D eigenvalue weighted by Crippen LogP contribution is -2.13. The minimum absolute atomic E-state index is 0.679. The number of benzene rings is 1. The fourth-order valence-corrected chi connectivity index (χ4v) is 4.68. The van der Waals surface area contributed by atoms with Crippen LogP contribution in [0, 0.1) is 9.49 Å². The molecule has 2 aliphatic heterocycles. The van der Waals surface area contributed by atoms with Gasteiger partial charge in [0.15, 0.2) is 0 Å². The van der Waals surface area contributed by atoms with E-state index < -0.39 is 0 Å². The second-order valence-corrected chi connectivity index (χ2v) is 9.79. The summed E-state index contributed by atoms with van der Waals surface area (Å²) in [6, 6.07) is 6.23. The van der Waals surface area contributed by atoms with Crippen molar-refractivity contribution < 1.29 is 0 Å². The Bertz CT molecular complexity index is 958. The molecule has 1 unspecified atom stereocenters. The molecule has 0 aromatic heterocycles. The van der Waals surface area contributed by atoms with Crippen molar-refractivity contribution in [1.82, 2.24) is 5.01 Å². The molecule has 0 saturated heterocycles.